The van der Waals surface area contributed by atoms with Crippen LogP contribution in [0.2, 0.25) is 10.0 Å². The molecule has 4 nitrogen and oxygen atoms in total. The fourth-order valence-corrected chi connectivity index (χ4v) is 3.81. The van der Waals surface area contributed by atoms with Gasteiger partial charge in [-0.15, -0.1) is 0 Å². The number of amides is 1. The van der Waals surface area contributed by atoms with Crippen molar-refractivity contribution in [2.75, 3.05) is 32.7 Å². The van der Waals surface area contributed by atoms with E-state index in [-0.39, 0.29) is 11.9 Å². The zero-order valence-electron chi connectivity index (χ0n) is 15.6. The monoisotopic (exact) mass is 407 g/mol. The van der Waals surface area contributed by atoms with Gasteiger partial charge in [-0.1, -0.05) is 47.5 Å². The Kier molecular flexibility index (Phi) is 7.13. The lowest BCUT2D eigenvalue weighted by atomic mass is 10.1. The summed E-state index contributed by atoms with van der Waals surface area (Å²) in [6.45, 7) is 7.76. The van der Waals surface area contributed by atoms with E-state index in [2.05, 4.69) is 17.4 Å². The molecule has 1 aliphatic heterocycles. The van der Waals surface area contributed by atoms with E-state index in [0.29, 0.717) is 11.6 Å². The van der Waals surface area contributed by atoms with Crippen molar-refractivity contribution in [3.8, 4) is 0 Å². The van der Waals surface area contributed by atoms with E-state index < -0.39 is 0 Å². The Hall–Kier alpha value is -1.59. The fourth-order valence-electron chi connectivity index (χ4n) is 3.56. The van der Waals surface area contributed by atoms with Crippen LogP contribution in [0.15, 0.2) is 48.5 Å². The highest BCUT2D eigenvalue weighted by atomic mass is 35.5. The van der Waals surface area contributed by atoms with Gasteiger partial charge in [0, 0.05) is 15.6 Å². The Morgan fingerprint density at radius 1 is 0.926 bits per heavy atom. The van der Waals surface area contributed by atoms with Crippen LogP contribution >= 0.6 is 23.2 Å². The Labute approximate surface area is 171 Å². The maximum atomic E-state index is 12.4. The first-order valence-electron chi connectivity index (χ1n) is 9.46. The number of hydrogen-bond donors (Lipinski definition) is 3. The van der Waals surface area contributed by atoms with Crippen molar-refractivity contribution in [2.24, 2.45) is 0 Å². The summed E-state index contributed by atoms with van der Waals surface area (Å²) in [5.74, 6) is 0.105. The summed E-state index contributed by atoms with van der Waals surface area (Å²) in [4.78, 5) is 15.3. The first-order chi connectivity index (χ1) is 13.0. The van der Waals surface area contributed by atoms with Crippen LogP contribution < -0.4 is 15.1 Å². The zero-order valence-corrected chi connectivity index (χ0v) is 17.1. The molecule has 2 aromatic carbocycles. The second-order valence-electron chi connectivity index (χ2n) is 7.32. The fraction of sp³-hybridized carbons (Fsp3) is 0.381. The van der Waals surface area contributed by atoms with Crippen LogP contribution in [0.3, 0.4) is 0 Å². The Balaban J connectivity index is 1.41. The topological polar surface area (TPSA) is 38.0 Å². The van der Waals surface area contributed by atoms with Crippen LogP contribution in [0.25, 0.3) is 0 Å². The molecule has 1 atom stereocenters. The molecule has 6 heteroatoms. The lowest BCUT2D eigenvalue weighted by Crippen LogP contribution is -3.28. The standard InChI is InChI=1S/C21H25Cl2N3O/c1-16(18-4-8-20(23)9-5-18)24-21(27)15-26-12-10-25(11-13-26)14-17-2-6-19(22)7-3-17/h2-9,16H,10-15H2,1H3,(H,24,27)/p+2/t16-/m0/s1. The van der Waals surface area contributed by atoms with Crippen LogP contribution in [0.5, 0.6) is 0 Å². The molecule has 3 rings (SSSR count). The summed E-state index contributed by atoms with van der Waals surface area (Å²) >= 11 is 11.9. The first-order valence-corrected chi connectivity index (χ1v) is 10.2. The summed E-state index contributed by atoms with van der Waals surface area (Å²) < 4.78 is 0. The predicted molar refractivity (Wildman–Crippen MR) is 109 cm³/mol. The third kappa shape index (κ3) is 6.22. The highest BCUT2D eigenvalue weighted by Crippen LogP contribution is 2.15. The summed E-state index contributed by atoms with van der Waals surface area (Å²) in [6.07, 6.45) is 0. The third-order valence-corrected chi connectivity index (χ3v) is 5.69. The molecule has 144 valence electrons. The van der Waals surface area contributed by atoms with Crippen molar-refractivity contribution in [1.82, 2.24) is 5.32 Å². The average Bonchev–Trinajstić information content (AvgIpc) is 2.65. The van der Waals surface area contributed by atoms with Crippen LogP contribution in [0.4, 0.5) is 0 Å². The molecule has 27 heavy (non-hydrogen) atoms. The molecule has 1 amide bonds. The number of piperazine rings is 1. The maximum absolute atomic E-state index is 12.4. The van der Waals surface area contributed by atoms with E-state index in [1.807, 2.05) is 43.3 Å². The van der Waals surface area contributed by atoms with Crippen LogP contribution in [-0.4, -0.2) is 38.6 Å². The number of carbonyl (C=O) groups excluding carboxylic acids is 1. The summed E-state index contributed by atoms with van der Waals surface area (Å²) in [5.41, 5.74) is 2.38. The number of hydrogen-bond acceptors (Lipinski definition) is 1. The van der Waals surface area contributed by atoms with Gasteiger partial charge in [-0.2, -0.15) is 0 Å². The summed E-state index contributed by atoms with van der Waals surface area (Å²) in [7, 11) is 0. The predicted octanol–water partition coefficient (Wildman–Crippen LogP) is 1.15. The van der Waals surface area contributed by atoms with Crippen molar-refractivity contribution in [3.63, 3.8) is 0 Å². The van der Waals surface area contributed by atoms with Gasteiger partial charge in [0.2, 0.25) is 0 Å². The Morgan fingerprint density at radius 3 is 2.04 bits per heavy atom. The number of carbonyl (C=O) groups is 1. The van der Waals surface area contributed by atoms with Gasteiger partial charge in [0.25, 0.3) is 5.91 Å². The van der Waals surface area contributed by atoms with E-state index in [1.165, 1.54) is 10.5 Å². The van der Waals surface area contributed by atoms with Gasteiger partial charge >= 0.3 is 0 Å². The minimum atomic E-state index is -0.00835. The lowest BCUT2D eigenvalue weighted by molar-refractivity contribution is -1.02. The quantitative estimate of drug-likeness (QED) is 0.660. The van der Waals surface area contributed by atoms with Gasteiger partial charge in [-0.05, 0) is 36.8 Å². The summed E-state index contributed by atoms with van der Waals surface area (Å²) in [6, 6.07) is 15.7. The molecule has 0 bridgehead atoms. The number of benzene rings is 2. The molecule has 0 radical (unpaired) electrons. The highest BCUT2D eigenvalue weighted by molar-refractivity contribution is 6.30. The van der Waals surface area contributed by atoms with E-state index in [4.69, 9.17) is 23.2 Å². The number of nitrogens with one attached hydrogen (secondary N) is 3. The molecule has 2 aromatic rings. The van der Waals surface area contributed by atoms with E-state index in [1.54, 1.807) is 4.90 Å². The molecule has 0 aliphatic carbocycles. The van der Waals surface area contributed by atoms with Gasteiger partial charge in [-0.25, -0.2) is 0 Å². The first kappa shape index (κ1) is 20.2. The molecule has 3 N–H and O–H groups in total. The van der Waals surface area contributed by atoms with Gasteiger partial charge in [0.05, 0.1) is 6.04 Å². The van der Waals surface area contributed by atoms with Gasteiger partial charge < -0.3 is 15.1 Å². The van der Waals surface area contributed by atoms with Crippen molar-refractivity contribution in [2.45, 2.75) is 19.5 Å². The van der Waals surface area contributed by atoms with Gasteiger partial charge in [0.1, 0.15) is 32.7 Å². The van der Waals surface area contributed by atoms with Crippen molar-refractivity contribution in [3.05, 3.63) is 69.7 Å². The second-order valence-corrected chi connectivity index (χ2v) is 8.19. The van der Waals surface area contributed by atoms with Crippen molar-refractivity contribution < 1.29 is 14.6 Å². The molecule has 1 saturated heterocycles. The van der Waals surface area contributed by atoms with Gasteiger partial charge in [0.15, 0.2) is 6.54 Å². The smallest absolute Gasteiger partial charge is 0.275 e. The SMILES string of the molecule is C[C@H](NC(=O)C[NH+]1CC[NH+](Cc2ccc(Cl)cc2)CC1)c1ccc(Cl)cc1. The average molecular weight is 408 g/mol. The molecule has 0 spiro atoms. The largest absolute Gasteiger partial charge is 0.345 e. The Bertz CT molecular complexity index is 741. The molecule has 1 heterocycles. The Morgan fingerprint density at radius 2 is 1.44 bits per heavy atom. The van der Waals surface area contributed by atoms with Gasteiger partial charge in [-0.3, -0.25) is 4.79 Å². The van der Waals surface area contributed by atoms with Crippen LogP contribution in [0.1, 0.15) is 24.1 Å². The lowest BCUT2D eigenvalue weighted by Gasteiger charge is -2.29. The minimum absolute atomic E-state index is 0.00835. The second kappa shape index (κ2) is 9.56. The molecule has 1 fully saturated rings. The molecule has 0 unspecified atom stereocenters. The zero-order chi connectivity index (χ0) is 19.2. The molecule has 1 aliphatic rings. The van der Waals surface area contributed by atoms with Crippen molar-refractivity contribution in [1.29, 1.82) is 0 Å². The highest BCUT2D eigenvalue weighted by Gasteiger charge is 2.25. The molecule has 0 saturated carbocycles. The van der Waals surface area contributed by atoms with E-state index >= 15 is 0 Å². The van der Waals surface area contributed by atoms with Crippen LogP contribution in [0, 0.1) is 0 Å². The van der Waals surface area contributed by atoms with E-state index in [0.717, 1.165) is 43.3 Å². The number of quaternary nitrogens is 2. The van der Waals surface area contributed by atoms with E-state index in [9.17, 15) is 4.79 Å². The summed E-state index contributed by atoms with van der Waals surface area (Å²) in [5, 5.41) is 4.59. The third-order valence-electron chi connectivity index (χ3n) is 5.19. The minimum Gasteiger partial charge on any atom is -0.345 e. The normalized spacial score (nSPS) is 20.9. The van der Waals surface area contributed by atoms with Crippen molar-refractivity contribution >= 4 is 29.1 Å². The van der Waals surface area contributed by atoms with Crippen LogP contribution in [-0.2, 0) is 11.3 Å². The maximum Gasteiger partial charge on any atom is 0.275 e. The molecular weight excluding hydrogens is 381 g/mol. The molecular formula is C21H27Cl2N3O+2. The number of rotatable bonds is 6. The molecule has 0 aromatic heterocycles. The number of halogens is 2.